The average Bonchev–Trinajstić information content (AvgIpc) is 2.54. The van der Waals surface area contributed by atoms with Gasteiger partial charge < -0.3 is 0 Å². The van der Waals surface area contributed by atoms with E-state index in [1.54, 1.807) is 6.08 Å². The molecule has 0 aromatic carbocycles. The zero-order chi connectivity index (χ0) is 17.1. The molecule has 0 aliphatic heterocycles. The highest BCUT2D eigenvalue weighted by molar-refractivity contribution is 5.79. The maximum Gasteiger partial charge on any atom is 0.0711 e. The second kappa shape index (κ2) is 10.3. The molecule has 0 fully saturated rings. The Morgan fingerprint density at radius 3 is 2.57 bits per heavy atom. The molecule has 23 heavy (non-hydrogen) atoms. The molecule has 1 aromatic heterocycles. The van der Waals surface area contributed by atoms with Crippen LogP contribution in [0, 0.1) is 6.92 Å². The van der Waals surface area contributed by atoms with Crippen LogP contribution >= 0.6 is 0 Å². The van der Waals surface area contributed by atoms with Crippen molar-refractivity contribution >= 4 is 11.1 Å². The summed E-state index contributed by atoms with van der Waals surface area (Å²) in [5, 5.41) is 0. The van der Waals surface area contributed by atoms with Crippen LogP contribution in [0.25, 0.3) is 11.1 Å². The van der Waals surface area contributed by atoms with Crippen LogP contribution in [-0.4, -0.2) is 4.98 Å². The van der Waals surface area contributed by atoms with Crippen molar-refractivity contribution in [2.24, 2.45) is 0 Å². The number of allylic oxidation sites excluding steroid dienone is 10. The van der Waals surface area contributed by atoms with E-state index >= 15 is 0 Å². The first kappa shape index (κ1) is 18.6. The first-order valence-electron chi connectivity index (χ1n) is 8.10. The van der Waals surface area contributed by atoms with Gasteiger partial charge in [-0.25, -0.2) is 0 Å². The molecule has 1 rings (SSSR count). The van der Waals surface area contributed by atoms with Gasteiger partial charge in [0.25, 0.3) is 0 Å². The Bertz CT molecular complexity index is 655. The van der Waals surface area contributed by atoms with Crippen molar-refractivity contribution in [3.63, 3.8) is 0 Å². The largest absolute Gasteiger partial charge is 0.253 e. The van der Waals surface area contributed by atoms with E-state index in [-0.39, 0.29) is 0 Å². The summed E-state index contributed by atoms with van der Waals surface area (Å²) in [5.74, 6) is 0. The summed E-state index contributed by atoms with van der Waals surface area (Å²) >= 11 is 0. The summed E-state index contributed by atoms with van der Waals surface area (Å²) in [6, 6.07) is 4.19. The van der Waals surface area contributed by atoms with Crippen LogP contribution in [0.1, 0.15) is 43.6 Å². The van der Waals surface area contributed by atoms with Gasteiger partial charge in [-0.1, -0.05) is 75.1 Å². The van der Waals surface area contributed by atoms with Crippen molar-refractivity contribution in [1.82, 2.24) is 4.98 Å². The molecule has 1 aromatic rings. The summed E-state index contributed by atoms with van der Waals surface area (Å²) in [5.41, 5.74) is 5.22. The van der Waals surface area contributed by atoms with Crippen molar-refractivity contribution in [2.45, 2.75) is 33.6 Å². The first-order chi connectivity index (χ1) is 11.2. The lowest BCUT2D eigenvalue weighted by molar-refractivity contribution is 0.959. The Morgan fingerprint density at radius 2 is 1.96 bits per heavy atom. The van der Waals surface area contributed by atoms with Gasteiger partial charge in [-0.2, -0.15) is 0 Å². The molecule has 0 aliphatic rings. The van der Waals surface area contributed by atoms with E-state index in [9.17, 15) is 0 Å². The number of hydrogen-bond donors (Lipinski definition) is 0. The van der Waals surface area contributed by atoms with Crippen LogP contribution in [-0.2, 0) is 0 Å². The second-order valence-corrected chi connectivity index (χ2v) is 5.28. The van der Waals surface area contributed by atoms with Crippen molar-refractivity contribution in [3.05, 3.63) is 90.9 Å². The summed E-state index contributed by atoms with van der Waals surface area (Å²) in [7, 11) is 0. The third-order valence-corrected chi connectivity index (χ3v) is 3.31. The highest BCUT2D eigenvalue weighted by atomic mass is 14.7. The molecule has 0 spiro atoms. The van der Waals surface area contributed by atoms with Gasteiger partial charge in [0.1, 0.15) is 0 Å². The standard InChI is InChI=1S/C22H27N/c1-6-10-11-12-15-19(9-4)21-16-18(5)23-22(17-21)20(13-7-2)14-8-3/h7-9,11-17H,2,4,6,10H2,1,3,5H3/b12-11-,14-8-,19-15+,20-13+. The minimum Gasteiger partial charge on any atom is -0.253 e. The Labute approximate surface area is 141 Å². The summed E-state index contributed by atoms with van der Waals surface area (Å²) in [6.07, 6.45) is 18.3. The third-order valence-electron chi connectivity index (χ3n) is 3.31. The van der Waals surface area contributed by atoms with Gasteiger partial charge in [-0.3, -0.25) is 4.98 Å². The predicted octanol–water partition coefficient (Wildman–Crippen LogP) is 6.46. The van der Waals surface area contributed by atoms with Crippen molar-refractivity contribution in [2.75, 3.05) is 0 Å². The fraction of sp³-hybridized carbons (Fsp3) is 0.227. The third kappa shape index (κ3) is 6.07. The van der Waals surface area contributed by atoms with E-state index in [1.165, 1.54) is 0 Å². The fourth-order valence-electron chi connectivity index (χ4n) is 2.23. The van der Waals surface area contributed by atoms with E-state index in [0.717, 1.165) is 40.9 Å². The van der Waals surface area contributed by atoms with Crippen LogP contribution in [0.3, 0.4) is 0 Å². The second-order valence-electron chi connectivity index (χ2n) is 5.28. The zero-order valence-electron chi connectivity index (χ0n) is 14.5. The quantitative estimate of drug-likeness (QED) is 0.502. The van der Waals surface area contributed by atoms with Crippen LogP contribution < -0.4 is 0 Å². The maximum atomic E-state index is 4.65. The van der Waals surface area contributed by atoms with E-state index < -0.39 is 0 Å². The minimum atomic E-state index is 0.947. The van der Waals surface area contributed by atoms with Gasteiger partial charge in [-0.15, -0.1) is 0 Å². The van der Waals surface area contributed by atoms with Gasteiger partial charge in [0, 0.05) is 5.69 Å². The van der Waals surface area contributed by atoms with E-state index in [1.807, 2.05) is 38.2 Å². The van der Waals surface area contributed by atoms with Crippen LogP contribution in [0.4, 0.5) is 0 Å². The highest BCUT2D eigenvalue weighted by Crippen LogP contribution is 2.22. The molecule has 0 bridgehead atoms. The van der Waals surface area contributed by atoms with Gasteiger partial charge in [0.2, 0.25) is 0 Å². The molecule has 0 saturated carbocycles. The Balaban J connectivity index is 3.29. The maximum absolute atomic E-state index is 4.65. The number of unbranched alkanes of at least 4 members (excludes halogenated alkanes) is 1. The molecule has 0 aliphatic carbocycles. The first-order valence-corrected chi connectivity index (χ1v) is 8.10. The lowest BCUT2D eigenvalue weighted by Gasteiger charge is -2.08. The zero-order valence-corrected chi connectivity index (χ0v) is 14.5. The summed E-state index contributed by atoms with van der Waals surface area (Å²) < 4.78 is 0. The number of hydrogen-bond acceptors (Lipinski definition) is 1. The molecule has 0 unspecified atom stereocenters. The summed E-state index contributed by atoms with van der Waals surface area (Å²) in [6.45, 7) is 13.9. The number of aryl methyl sites for hydroxylation is 1. The van der Waals surface area contributed by atoms with Crippen LogP contribution in [0.2, 0.25) is 0 Å². The van der Waals surface area contributed by atoms with E-state index in [2.05, 4.69) is 55.4 Å². The average molecular weight is 305 g/mol. The minimum absolute atomic E-state index is 0.947. The van der Waals surface area contributed by atoms with Crippen LogP contribution in [0.5, 0.6) is 0 Å². The lowest BCUT2D eigenvalue weighted by Crippen LogP contribution is -1.94. The van der Waals surface area contributed by atoms with Crippen molar-refractivity contribution in [3.8, 4) is 0 Å². The predicted molar refractivity (Wildman–Crippen MR) is 104 cm³/mol. The number of rotatable bonds is 8. The normalized spacial score (nSPS) is 13.0. The number of nitrogens with zero attached hydrogens (tertiary/aromatic N) is 1. The molecule has 0 atom stereocenters. The van der Waals surface area contributed by atoms with Gasteiger partial charge in [-0.05, 0) is 49.1 Å². The van der Waals surface area contributed by atoms with Gasteiger partial charge in [0.05, 0.1) is 5.69 Å². The lowest BCUT2D eigenvalue weighted by atomic mass is 10.0. The molecule has 1 heteroatoms. The smallest absolute Gasteiger partial charge is 0.0711 e. The summed E-state index contributed by atoms with van der Waals surface area (Å²) in [4.78, 5) is 4.65. The molecule has 1 heterocycles. The SMILES string of the molecule is C=C/C=C(\C=C/C)c1cc(/C(C=C)=C/C=C\CCC)cc(C)n1. The Kier molecular flexibility index (Phi) is 8.38. The van der Waals surface area contributed by atoms with E-state index in [0.29, 0.717) is 0 Å². The van der Waals surface area contributed by atoms with Crippen LogP contribution in [0.15, 0.2) is 73.9 Å². The van der Waals surface area contributed by atoms with Crippen molar-refractivity contribution < 1.29 is 0 Å². The fourth-order valence-corrected chi connectivity index (χ4v) is 2.23. The van der Waals surface area contributed by atoms with Gasteiger partial charge in [0.15, 0.2) is 0 Å². The molecule has 0 saturated heterocycles. The molecule has 120 valence electrons. The number of pyridine rings is 1. The number of aromatic nitrogens is 1. The van der Waals surface area contributed by atoms with Gasteiger partial charge >= 0.3 is 0 Å². The van der Waals surface area contributed by atoms with Crippen molar-refractivity contribution in [1.29, 1.82) is 0 Å². The monoisotopic (exact) mass is 305 g/mol. The molecular weight excluding hydrogens is 278 g/mol. The Morgan fingerprint density at radius 1 is 1.17 bits per heavy atom. The molecule has 0 radical (unpaired) electrons. The van der Waals surface area contributed by atoms with E-state index in [4.69, 9.17) is 0 Å². The molecule has 0 amide bonds. The molecule has 1 nitrogen and oxygen atoms in total. The highest BCUT2D eigenvalue weighted by Gasteiger charge is 2.05. The topological polar surface area (TPSA) is 12.9 Å². The Hall–Kier alpha value is -2.41. The molecule has 0 N–H and O–H groups in total. The molecular formula is C22H27N.